The Morgan fingerprint density at radius 2 is 2.00 bits per heavy atom. The molecule has 8 nitrogen and oxygen atoms in total. The largest absolute Gasteiger partial charge is 0.497 e. The van der Waals surface area contributed by atoms with Crippen molar-refractivity contribution in [2.24, 2.45) is 11.7 Å². The standard InChI is InChI=1S/C23H25FN4O4/c1-4-32-23(30)17-11-28(14-5-7-15(31-3)8-6-14)21-16(20(17)29)9-18(24)22(26-21)27-10-13(2)19(25)12-27/h5-9,11,13,19H,4,10,12,25H2,1-3H3/t13-,19-/m1/s1. The van der Waals surface area contributed by atoms with Crippen molar-refractivity contribution >= 4 is 22.8 Å². The highest BCUT2D eigenvalue weighted by molar-refractivity contribution is 5.94. The summed E-state index contributed by atoms with van der Waals surface area (Å²) in [6, 6.07) is 8.05. The smallest absolute Gasteiger partial charge is 0.343 e. The quantitative estimate of drug-likeness (QED) is 0.609. The third-order valence-electron chi connectivity index (χ3n) is 5.73. The zero-order valence-corrected chi connectivity index (χ0v) is 18.2. The molecule has 3 aromatic rings. The molecule has 4 rings (SSSR count). The highest BCUT2D eigenvalue weighted by atomic mass is 19.1. The van der Waals surface area contributed by atoms with Crippen LogP contribution < -0.4 is 20.8 Å². The van der Waals surface area contributed by atoms with Crippen LogP contribution in [0.15, 0.2) is 41.3 Å². The van der Waals surface area contributed by atoms with E-state index in [9.17, 15) is 9.59 Å². The third-order valence-corrected chi connectivity index (χ3v) is 5.73. The van der Waals surface area contributed by atoms with Gasteiger partial charge < -0.3 is 24.7 Å². The number of anilines is 1. The number of rotatable bonds is 5. The molecule has 2 N–H and O–H groups in total. The number of hydrogen-bond donors (Lipinski definition) is 1. The predicted molar refractivity (Wildman–Crippen MR) is 119 cm³/mol. The summed E-state index contributed by atoms with van der Waals surface area (Å²) >= 11 is 0. The lowest BCUT2D eigenvalue weighted by molar-refractivity contribution is 0.0524. The van der Waals surface area contributed by atoms with Gasteiger partial charge in [-0.3, -0.25) is 4.79 Å². The van der Waals surface area contributed by atoms with Gasteiger partial charge in [0.2, 0.25) is 5.43 Å². The molecular formula is C23H25FN4O4. The van der Waals surface area contributed by atoms with Crippen molar-refractivity contribution in [3.63, 3.8) is 0 Å². The summed E-state index contributed by atoms with van der Waals surface area (Å²) < 4.78 is 26.9. The van der Waals surface area contributed by atoms with Gasteiger partial charge in [-0.15, -0.1) is 0 Å². The topological polar surface area (TPSA) is 99.7 Å². The Balaban J connectivity index is 1.96. The number of carbonyl (C=O) groups is 1. The minimum absolute atomic E-state index is 0.0100. The van der Waals surface area contributed by atoms with Crippen LogP contribution in [0.2, 0.25) is 0 Å². The lowest BCUT2D eigenvalue weighted by atomic mass is 10.1. The van der Waals surface area contributed by atoms with E-state index in [4.69, 9.17) is 15.2 Å². The summed E-state index contributed by atoms with van der Waals surface area (Å²) in [4.78, 5) is 31.8. The minimum Gasteiger partial charge on any atom is -0.497 e. The fourth-order valence-corrected chi connectivity index (χ4v) is 3.90. The maximum atomic E-state index is 15.1. The first-order valence-corrected chi connectivity index (χ1v) is 10.4. The molecule has 2 aromatic heterocycles. The van der Waals surface area contributed by atoms with Gasteiger partial charge in [-0.1, -0.05) is 6.92 Å². The van der Waals surface area contributed by atoms with Crippen LogP contribution in [0.1, 0.15) is 24.2 Å². The highest BCUT2D eigenvalue weighted by Gasteiger charge is 2.30. The molecule has 1 aliphatic rings. The molecular weight excluding hydrogens is 415 g/mol. The van der Waals surface area contributed by atoms with E-state index < -0.39 is 17.2 Å². The van der Waals surface area contributed by atoms with Gasteiger partial charge in [-0.05, 0) is 43.2 Å². The Morgan fingerprint density at radius 3 is 2.59 bits per heavy atom. The van der Waals surface area contributed by atoms with E-state index in [1.54, 1.807) is 47.8 Å². The van der Waals surface area contributed by atoms with Gasteiger partial charge >= 0.3 is 5.97 Å². The van der Waals surface area contributed by atoms with Gasteiger partial charge in [0.05, 0.1) is 19.1 Å². The third kappa shape index (κ3) is 3.80. The van der Waals surface area contributed by atoms with Gasteiger partial charge in [-0.2, -0.15) is 0 Å². The van der Waals surface area contributed by atoms with Gasteiger partial charge in [0.25, 0.3) is 0 Å². The molecule has 1 fully saturated rings. The van der Waals surface area contributed by atoms with Crippen molar-refractivity contribution in [1.82, 2.24) is 9.55 Å². The monoisotopic (exact) mass is 440 g/mol. The second kappa shape index (κ2) is 8.58. The highest BCUT2D eigenvalue weighted by Crippen LogP contribution is 2.28. The van der Waals surface area contributed by atoms with Crippen LogP contribution in [0.25, 0.3) is 16.7 Å². The number of fused-ring (bicyclic) bond motifs is 1. The maximum absolute atomic E-state index is 15.1. The number of pyridine rings is 2. The number of nitrogens with zero attached hydrogens (tertiary/aromatic N) is 3. The van der Waals surface area contributed by atoms with Crippen molar-refractivity contribution in [2.45, 2.75) is 19.9 Å². The molecule has 0 radical (unpaired) electrons. The number of esters is 1. The van der Waals surface area contributed by atoms with Crippen LogP contribution in [0, 0.1) is 11.7 Å². The van der Waals surface area contributed by atoms with Crippen LogP contribution >= 0.6 is 0 Å². The predicted octanol–water partition coefficient (Wildman–Crippen LogP) is 2.49. The Kier molecular flexibility index (Phi) is 5.84. The number of aromatic nitrogens is 2. The Labute approximate surface area is 184 Å². The van der Waals surface area contributed by atoms with Crippen LogP contribution in [0.3, 0.4) is 0 Å². The molecule has 0 aliphatic carbocycles. The molecule has 1 aromatic carbocycles. The number of methoxy groups -OCH3 is 1. The van der Waals surface area contributed by atoms with Crippen molar-refractivity contribution < 1.29 is 18.7 Å². The fraction of sp³-hybridized carbons (Fsp3) is 0.348. The van der Waals surface area contributed by atoms with Crippen LogP contribution in [0.4, 0.5) is 10.2 Å². The Hall–Kier alpha value is -3.46. The number of hydrogen-bond acceptors (Lipinski definition) is 7. The van der Waals surface area contributed by atoms with E-state index in [0.29, 0.717) is 24.5 Å². The summed E-state index contributed by atoms with van der Waals surface area (Å²) in [5, 5.41) is -0.0100. The molecule has 2 atom stereocenters. The minimum atomic E-state index is -0.773. The van der Waals surface area contributed by atoms with Crippen molar-refractivity contribution in [1.29, 1.82) is 0 Å². The average molecular weight is 440 g/mol. The average Bonchev–Trinajstić information content (AvgIpc) is 3.12. The van der Waals surface area contributed by atoms with E-state index in [-0.39, 0.29) is 41.0 Å². The lowest BCUT2D eigenvalue weighted by Crippen LogP contribution is -2.29. The van der Waals surface area contributed by atoms with E-state index in [1.807, 2.05) is 6.92 Å². The Bertz CT molecular complexity index is 1220. The van der Waals surface area contributed by atoms with Crippen LogP contribution in [-0.4, -0.2) is 48.4 Å². The van der Waals surface area contributed by atoms with Gasteiger partial charge in [0.1, 0.15) is 11.3 Å². The van der Waals surface area contributed by atoms with Crippen molar-refractivity contribution in [3.8, 4) is 11.4 Å². The molecule has 1 aliphatic heterocycles. The summed E-state index contributed by atoms with van der Waals surface area (Å²) in [6.45, 7) is 4.78. The zero-order valence-electron chi connectivity index (χ0n) is 18.2. The number of nitrogens with two attached hydrogens (primary N) is 1. The molecule has 32 heavy (non-hydrogen) atoms. The molecule has 0 saturated carbocycles. The number of benzene rings is 1. The van der Waals surface area contributed by atoms with Crippen LogP contribution in [-0.2, 0) is 4.74 Å². The zero-order chi connectivity index (χ0) is 23.0. The molecule has 168 valence electrons. The summed E-state index contributed by atoms with van der Waals surface area (Å²) in [5.41, 5.74) is 6.14. The normalized spacial score (nSPS) is 18.2. The van der Waals surface area contributed by atoms with E-state index in [0.717, 1.165) is 6.07 Å². The first kappa shape index (κ1) is 21.8. The van der Waals surface area contributed by atoms with Crippen molar-refractivity contribution in [2.75, 3.05) is 31.7 Å². The first-order valence-electron chi connectivity index (χ1n) is 10.4. The van der Waals surface area contributed by atoms with Gasteiger partial charge in [0, 0.05) is 31.0 Å². The van der Waals surface area contributed by atoms with E-state index >= 15 is 4.39 Å². The second-order valence-electron chi connectivity index (χ2n) is 7.87. The van der Waals surface area contributed by atoms with Crippen molar-refractivity contribution in [3.05, 3.63) is 58.1 Å². The summed E-state index contributed by atoms with van der Waals surface area (Å²) in [7, 11) is 1.56. The number of ether oxygens (including phenoxy) is 2. The summed E-state index contributed by atoms with van der Waals surface area (Å²) in [6.07, 6.45) is 1.39. The summed E-state index contributed by atoms with van der Waals surface area (Å²) in [5.74, 6) is -0.460. The fourth-order valence-electron chi connectivity index (χ4n) is 3.90. The first-order chi connectivity index (χ1) is 15.3. The van der Waals surface area contributed by atoms with E-state index in [1.165, 1.54) is 6.20 Å². The van der Waals surface area contributed by atoms with Crippen LogP contribution in [0.5, 0.6) is 5.75 Å². The molecule has 0 amide bonds. The maximum Gasteiger partial charge on any atom is 0.343 e. The number of halogens is 1. The van der Waals surface area contributed by atoms with Gasteiger partial charge in [0.15, 0.2) is 17.3 Å². The SMILES string of the molecule is CCOC(=O)c1cn(-c2ccc(OC)cc2)c2nc(N3C[C@@H](C)[C@H](N)C3)c(F)cc2c1=O. The molecule has 3 heterocycles. The second-order valence-corrected chi connectivity index (χ2v) is 7.87. The molecule has 9 heteroatoms. The molecule has 0 bridgehead atoms. The molecule has 0 unspecified atom stereocenters. The Morgan fingerprint density at radius 1 is 1.28 bits per heavy atom. The van der Waals surface area contributed by atoms with Gasteiger partial charge in [-0.25, -0.2) is 14.2 Å². The van der Waals surface area contributed by atoms with E-state index in [2.05, 4.69) is 4.98 Å². The lowest BCUT2D eigenvalue weighted by Gasteiger charge is -2.20. The number of carbonyl (C=O) groups excluding carboxylic acids is 1. The molecule has 0 spiro atoms. The molecule has 1 saturated heterocycles.